The molecule has 0 amide bonds. The van der Waals surface area contributed by atoms with Crippen LogP contribution in [0.3, 0.4) is 0 Å². The zero-order valence-electron chi connectivity index (χ0n) is 11.2. The van der Waals surface area contributed by atoms with Crippen LogP contribution in [0.15, 0.2) is 40.9 Å². The number of methoxy groups -OCH3 is 1. The number of aromatic hydroxyl groups is 1. The lowest BCUT2D eigenvalue weighted by molar-refractivity contribution is 0.410. The highest BCUT2D eigenvalue weighted by molar-refractivity contribution is 9.10. The molecule has 2 rings (SSSR count). The number of rotatable bonds is 4. The molecule has 5 heteroatoms. The Morgan fingerprint density at radius 3 is 2.65 bits per heavy atom. The molecule has 0 saturated heterocycles. The Kier molecular flexibility index (Phi) is 4.49. The lowest BCUT2D eigenvalue weighted by Gasteiger charge is -2.18. The average molecular weight is 340 g/mol. The van der Waals surface area contributed by atoms with Crippen LogP contribution in [0.1, 0.15) is 18.5 Å². The van der Waals surface area contributed by atoms with Gasteiger partial charge in [-0.15, -0.1) is 0 Å². The molecule has 0 aromatic heterocycles. The molecule has 0 saturated carbocycles. The second kappa shape index (κ2) is 6.13. The third kappa shape index (κ3) is 3.22. The quantitative estimate of drug-likeness (QED) is 0.863. The Hall–Kier alpha value is -1.75. The number of phenols is 1. The van der Waals surface area contributed by atoms with E-state index in [1.807, 2.05) is 6.92 Å². The summed E-state index contributed by atoms with van der Waals surface area (Å²) in [7, 11) is 1.57. The standard InChI is InChI=1S/C15H15BrFNO2/c1-9(12-8-11(20-2)4-6-15(12)19)18-10-3-5-13(16)14(17)7-10/h3-9,18-19H,1-2H3. The maximum absolute atomic E-state index is 13.5. The van der Waals surface area contributed by atoms with Gasteiger partial charge >= 0.3 is 0 Å². The van der Waals surface area contributed by atoms with E-state index in [1.54, 1.807) is 37.4 Å². The minimum atomic E-state index is -0.336. The number of hydrogen-bond donors (Lipinski definition) is 2. The highest BCUT2D eigenvalue weighted by Gasteiger charge is 2.12. The van der Waals surface area contributed by atoms with Crippen molar-refractivity contribution in [2.24, 2.45) is 0 Å². The third-order valence-corrected chi connectivity index (χ3v) is 3.65. The Bertz CT molecular complexity index is 619. The van der Waals surface area contributed by atoms with Crippen LogP contribution in [0.4, 0.5) is 10.1 Å². The molecule has 1 atom stereocenters. The van der Waals surface area contributed by atoms with Crippen molar-refractivity contribution in [1.82, 2.24) is 0 Å². The number of benzene rings is 2. The van der Waals surface area contributed by atoms with Gasteiger partial charge in [0.2, 0.25) is 0 Å². The van der Waals surface area contributed by atoms with E-state index in [0.29, 0.717) is 21.5 Å². The SMILES string of the molecule is COc1ccc(O)c(C(C)Nc2ccc(Br)c(F)c2)c1. The molecule has 0 aliphatic rings. The molecule has 2 N–H and O–H groups in total. The van der Waals surface area contributed by atoms with Crippen molar-refractivity contribution in [3.63, 3.8) is 0 Å². The van der Waals surface area contributed by atoms with E-state index in [4.69, 9.17) is 4.74 Å². The first-order valence-electron chi connectivity index (χ1n) is 6.09. The van der Waals surface area contributed by atoms with E-state index in [2.05, 4.69) is 21.2 Å². The van der Waals surface area contributed by atoms with Gasteiger partial charge in [0.05, 0.1) is 17.6 Å². The first kappa shape index (κ1) is 14.7. The van der Waals surface area contributed by atoms with Crippen LogP contribution in [0.5, 0.6) is 11.5 Å². The molecule has 0 spiro atoms. The summed E-state index contributed by atoms with van der Waals surface area (Å²) in [5.41, 5.74) is 1.33. The first-order chi connectivity index (χ1) is 9.51. The van der Waals surface area contributed by atoms with Crippen molar-refractivity contribution in [2.75, 3.05) is 12.4 Å². The van der Waals surface area contributed by atoms with E-state index in [-0.39, 0.29) is 17.6 Å². The highest BCUT2D eigenvalue weighted by atomic mass is 79.9. The molecule has 0 fully saturated rings. The van der Waals surface area contributed by atoms with Crippen molar-refractivity contribution < 1.29 is 14.2 Å². The summed E-state index contributed by atoms with van der Waals surface area (Å²) in [6.07, 6.45) is 0. The van der Waals surface area contributed by atoms with Crippen LogP contribution >= 0.6 is 15.9 Å². The van der Waals surface area contributed by atoms with E-state index in [1.165, 1.54) is 6.07 Å². The minimum Gasteiger partial charge on any atom is -0.508 e. The molecule has 2 aromatic carbocycles. The molecule has 0 aliphatic carbocycles. The predicted octanol–water partition coefficient (Wildman–Crippen LogP) is 4.48. The van der Waals surface area contributed by atoms with Crippen LogP contribution in [0, 0.1) is 5.82 Å². The Morgan fingerprint density at radius 2 is 2.00 bits per heavy atom. The smallest absolute Gasteiger partial charge is 0.139 e. The maximum Gasteiger partial charge on any atom is 0.139 e. The fourth-order valence-electron chi connectivity index (χ4n) is 1.92. The van der Waals surface area contributed by atoms with Gasteiger partial charge in [0.15, 0.2) is 0 Å². The maximum atomic E-state index is 13.5. The molecule has 0 radical (unpaired) electrons. The van der Waals surface area contributed by atoms with Gasteiger partial charge in [-0.2, -0.15) is 0 Å². The van der Waals surface area contributed by atoms with Gasteiger partial charge in [-0.3, -0.25) is 0 Å². The Morgan fingerprint density at radius 1 is 1.25 bits per heavy atom. The second-order valence-electron chi connectivity index (χ2n) is 4.42. The monoisotopic (exact) mass is 339 g/mol. The van der Waals surface area contributed by atoms with Crippen molar-refractivity contribution in [2.45, 2.75) is 13.0 Å². The molecule has 106 valence electrons. The number of halogens is 2. The first-order valence-corrected chi connectivity index (χ1v) is 6.89. The zero-order chi connectivity index (χ0) is 14.7. The summed E-state index contributed by atoms with van der Waals surface area (Å²) in [4.78, 5) is 0. The van der Waals surface area contributed by atoms with Crippen LogP contribution in [0.2, 0.25) is 0 Å². The van der Waals surface area contributed by atoms with Gasteiger partial charge in [-0.1, -0.05) is 0 Å². The minimum absolute atomic E-state index is 0.170. The molecular weight excluding hydrogens is 325 g/mol. The number of nitrogens with one attached hydrogen (secondary N) is 1. The number of anilines is 1. The fraction of sp³-hybridized carbons (Fsp3) is 0.200. The highest BCUT2D eigenvalue weighted by Crippen LogP contribution is 2.31. The number of hydrogen-bond acceptors (Lipinski definition) is 3. The summed E-state index contributed by atoms with van der Waals surface area (Å²) >= 11 is 3.11. The molecule has 20 heavy (non-hydrogen) atoms. The van der Waals surface area contributed by atoms with Crippen LogP contribution in [0.25, 0.3) is 0 Å². The van der Waals surface area contributed by atoms with E-state index < -0.39 is 0 Å². The Labute approximate surface area is 125 Å². The van der Waals surface area contributed by atoms with Crippen LogP contribution in [-0.4, -0.2) is 12.2 Å². The molecular formula is C15H15BrFNO2. The normalized spacial score (nSPS) is 12.0. The molecule has 3 nitrogen and oxygen atoms in total. The van der Waals surface area contributed by atoms with Gasteiger partial charge in [-0.05, 0) is 59.3 Å². The predicted molar refractivity (Wildman–Crippen MR) is 80.8 cm³/mol. The largest absolute Gasteiger partial charge is 0.508 e. The summed E-state index contributed by atoms with van der Waals surface area (Å²) in [5.74, 6) is 0.494. The lowest BCUT2D eigenvalue weighted by atomic mass is 10.1. The van der Waals surface area contributed by atoms with Crippen LogP contribution in [-0.2, 0) is 0 Å². The average Bonchev–Trinajstić information content (AvgIpc) is 2.43. The summed E-state index contributed by atoms with van der Waals surface area (Å²) < 4.78 is 19.0. The van der Waals surface area contributed by atoms with E-state index in [0.717, 1.165) is 0 Å². The van der Waals surface area contributed by atoms with Crippen LogP contribution < -0.4 is 10.1 Å². The topological polar surface area (TPSA) is 41.5 Å². The van der Waals surface area contributed by atoms with Gasteiger partial charge in [0, 0.05) is 11.3 Å². The molecule has 0 heterocycles. The summed E-state index contributed by atoms with van der Waals surface area (Å²) in [6, 6.07) is 9.63. The summed E-state index contributed by atoms with van der Waals surface area (Å²) in [6.45, 7) is 1.88. The molecule has 1 unspecified atom stereocenters. The zero-order valence-corrected chi connectivity index (χ0v) is 12.7. The number of phenolic OH excluding ortho intramolecular Hbond substituents is 1. The van der Waals surface area contributed by atoms with Gasteiger partial charge in [-0.25, -0.2) is 4.39 Å². The summed E-state index contributed by atoms with van der Waals surface area (Å²) in [5, 5.41) is 13.0. The lowest BCUT2D eigenvalue weighted by Crippen LogP contribution is -2.07. The van der Waals surface area contributed by atoms with Gasteiger partial charge in [0.1, 0.15) is 17.3 Å². The second-order valence-corrected chi connectivity index (χ2v) is 5.27. The van der Waals surface area contributed by atoms with E-state index >= 15 is 0 Å². The molecule has 0 aliphatic heterocycles. The van der Waals surface area contributed by atoms with Crippen molar-refractivity contribution >= 4 is 21.6 Å². The number of ether oxygens (including phenoxy) is 1. The van der Waals surface area contributed by atoms with Gasteiger partial charge < -0.3 is 15.2 Å². The molecule has 2 aromatic rings. The Balaban J connectivity index is 2.23. The van der Waals surface area contributed by atoms with Crippen molar-refractivity contribution in [1.29, 1.82) is 0 Å². The van der Waals surface area contributed by atoms with Crippen molar-refractivity contribution in [3.8, 4) is 11.5 Å². The van der Waals surface area contributed by atoms with Crippen molar-refractivity contribution in [3.05, 3.63) is 52.3 Å². The van der Waals surface area contributed by atoms with Gasteiger partial charge in [0.25, 0.3) is 0 Å². The fourth-order valence-corrected chi connectivity index (χ4v) is 2.17. The van der Waals surface area contributed by atoms with E-state index in [9.17, 15) is 9.50 Å². The molecule has 0 bridgehead atoms. The third-order valence-electron chi connectivity index (χ3n) is 3.00.